The van der Waals surface area contributed by atoms with Crippen LogP contribution in [0.4, 0.5) is 5.95 Å². The van der Waals surface area contributed by atoms with Gasteiger partial charge >= 0.3 is 0 Å². The number of aliphatic hydroxyl groups excluding tert-OH is 1. The number of aliphatic hydroxyl groups is 1. The zero-order valence-electron chi connectivity index (χ0n) is 6.06. The molecule has 0 fully saturated rings. The Morgan fingerprint density at radius 1 is 1.55 bits per heavy atom. The van der Waals surface area contributed by atoms with Crippen molar-refractivity contribution in [3.8, 4) is 0 Å². The minimum Gasteiger partial charge on any atom is -0.393 e. The van der Waals surface area contributed by atoms with Gasteiger partial charge in [0.1, 0.15) is 5.82 Å². The summed E-state index contributed by atoms with van der Waals surface area (Å²) in [5, 5.41) is 16.8. The first kappa shape index (κ1) is 6.60. The fourth-order valence-electron chi connectivity index (χ4n) is 1.33. The molecule has 0 bridgehead atoms. The van der Waals surface area contributed by atoms with Crippen molar-refractivity contribution in [1.29, 1.82) is 0 Å². The summed E-state index contributed by atoms with van der Waals surface area (Å²) in [4.78, 5) is 0. The largest absolute Gasteiger partial charge is 0.393 e. The van der Waals surface area contributed by atoms with Crippen LogP contribution in [0.3, 0.4) is 0 Å². The smallest absolute Gasteiger partial charge is 0.221 e. The van der Waals surface area contributed by atoms with Crippen LogP contribution in [0.2, 0.25) is 0 Å². The Kier molecular flexibility index (Phi) is 1.32. The zero-order valence-corrected chi connectivity index (χ0v) is 6.06. The highest BCUT2D eigenvalue weighted by atomic mass is 16.3. The van der Waals surface area contributed by atoms with Gasteiger partial charge in [0.05, 0.1) is 6.10 Å². The second kappa shape index (κ2) is 2.20. The highest BCUT2D eigenvalue weighted by molar-refractivity contribution is 5.18. The number of rotatable bonds is 0. The Morgan fingerprint density at radius 2 is 2.36 bits per heavy atom. The third-order valence-corrected chi connectivity index (χ3v) is 1.96. The van der Waals surface area contributed by atoms with E-state index < -0.39 is 0 Å². The van der Waals surface area contributed by atoms with Gasteiger partial charge in [0, 0.05) is 13.0 Å². The van der Waals surface area contributed by atoms with Crippen LogP contribution in [-0.2, 0) is 13.0 Å². The Balaban J connectivity index is 2.36. The van der Waals surface area contributed by atoms with Gasteiger partial charge in [0.15, 0.2) is 0 Å². The van der Waals surface area contributed by atoms with Crippen molar-refractivity contribution in [3.05, 3.63) is 5.82 Å². The third kappa shape index (κ3) is 0.970. The first-order chi connectivity index (χ1) is 5.27. The third-order valence-electron chi connectivity index (χ3n) is 1.96. The molecule has 1 aromatic rings. The minimum absolute atomic E-state index is 0.272. The van der Waals surface area contributed by atoms with Gasteiger partial charge in [-0.05, 0) is 6.42 Å². The summed E-state index contributed by atoms with van der Waals surface area (Å²) >= 11 is 0. The maximum atomic E-state index is 9.24. The molecule has 3 N–H and O–H groups in total. The second-order valence-electron chi connectivity index (χ2n) is 2.77. The highest BCUT2D eigenvalue weighted by Gasteiger charge is 2.19. The van der Waals surface area contributed by atoms with E-state index in [4.69, 9.17) is 5.73 Å². The Bertz CT molecular complexity index is 270. The van der Waals surface area contributed by atoms with Crippen LogP contribution in [-0.4, -0.2) is 26.0 Å². The van der Waals surface area contributed by atoms with Gasteiger partial charge in [0.2, 0.25) is 5.95 Å². The lowest BCUT2D eigenvalue weighted by Gasteiger charge is -2.17. The van der Waals surface area contributed by atoms with Crippen molar-refractivity contribution in [2.75, 3.05) is 5.73 Å². The molecule has 0 spiro atoms. The molecule has 0 aromatic carbocycles. The quantitative estimate of drug-likeness (QED) is 0.511. The molecule has 0 saturated heterocycles. The maximum Gasteiger partial charge on any atom is 0.221 e. The van der Waals surface area contributed by atoms with Crippen LogP contribution in [0.1, 0.15) is 12.2 Å². The SMILES string of the molecule is Nc1nnc2n1CCC(O)C2. The van der Waals surface area contributed by atoms with Crippen LogP contribution >= 0.6 is 0 Å². The molecule has 1 aromatic heterocycles. The van der Waals surface area contributed by atoms with Gasteiger partial charge < -0.3 is 10.8 Å². The van der Waals surface area contributed by atoms with Crippen molar-refractivity contribution in [2.24, 2.45) is 0 Å². The summed E-state index contributed by atoms with van der Waals surface area (Å²) in [6.45, 7) is 0.731. The number of nitrogens with zero attached hydrogens (tertiary/aromatic N) is 3. The average Bonchev–Trinajstić information content (AvgIpc) is 2.32. The average molecular weight is 154 g/mol. The number of aromatic nitrogens is 3. The number of hydrogen-bond acceptors (Lipinski definition) is 4. The molecular weight excluding hydrogens is 144 g/mol. The zero-order chi connectivity index (χ0) is 7.84. The molecule has 0 amide bonds. The van der Waals surface area contributed by atoms with E-state index >= 15 is 0 Å². The van der Waals surface area contributed by atoms with Gasteiger partial charge in [-0.25, -0.2) is 0 Å². The van der Waals surface area contributed by atoms with E-state index in [0.29, 0.717) is 12.4 Å². The molecule has 0 radical (unpaired) electrons. The van der Waals surface area contributed by atoms with Crippen molar-refractivity contribution in [1.82, 2.24) is 14.8 Å². The van der Waals surface area contributed by atoms with Gasteiger partial charge in [-0.3, -0.25) is 4.57 Å². The summed E-state index contributed by atoms with van der Waals surface area (Å²) < 4.78 is 1.84. The number of nitrogen functional groups attached to an aromatic ring is 1. The topological polar surface area (TPSA) is 77.0 Å². The summed E-state index contributed by atoms with van der Waals surface area (Å²) in [5.74, 6) is 1.24. The van der Waals surface area contributed by atoms with E-state index in [9.17, 15) is 5.11 Å². The van der Waals surface area contributed by atoms with Gasteiger partial charge in [-0.15, -0.1) is 10.2 Å². The lowest BCUT2D eigenvalue weighted by atomic mass is 10.1. The van der Waals surface area contributed by atoms with Gasteiger partial charge in [-0.1, -0.05) is 0 Å². The van der Waals surface area contributed by atoms with Crippen molar-refractivity contribution < 1.29 is 5.11 Å². The van der Waals surface area contributed by atoms with E-state index in [2.05, 4.69) is 10.2 Å². The van der Waals surface area contributed by atoms with E-state index in [-0.39, 0.29) is 6.10 Å². The summed E-state index contributed by atoms with van der Waals surface area (Å²) in [5.41, 5.74) is 5.51. The van der Waals surface area contributed by atoms with Crippen LogP contribution in [0.25, 0.3) is 0 Å². The summed E-state index contributed by atoms with van der Waals surface area (Å²) in [7, 11) is 0. The van der Waals surface area contributed by atoms with Gasteiger partial charge in [-0.2, -0.15) is 0 Å². The number of anilines is 1. The lowest BCUT2D eigenvalue weighted by Crippen LogP contribution is -2.23. The predicted molar refractivity (Wildman–Crippen MR) is 38.8 cm³/mol. The van der Waals surface area contributed by atoms with Crippen LogP contribution in [0.15, 0.2) is 0 Å². The number of hydrogen-bond donors (Lipinski definition) is 2. The predicted octanol–water partition coefficient (Wildman–Crippen LogP) is -0.833. The summed E-state index contributed by atoms with van der Waals surface area (Å²) in [6, 6.07) is 0. The molecule has 0 aliphatic carbocycles. The molecule has 2 heterocycles. The summed E-state index contributed by atoms with van der Waals surface area (Å²) in [6.07, 6.45) is 1.05. The van der Waals surface area contributed by atoms with Crippen molar-refractivity contribution >= 4 is 5.95 Å². The first-order valence-electron chi connectivity index (χ1n) is 3.63. The molecule has 0 saturated carbocycles. The standard InChI is InChI=1S/C6H10N4O/c7-6-9-8-5-3-4(11)1-2-10(5)6/h4,11H,1-3H2,(H2,7,9). The number of fused-ring (bicyclic) bond motifs is 1. The van der Waals surface area contributed by atoms with Crippen LogP contribution in [0, 0.1) is 0 Å². The Hall–Kier alpha value is -1.10. The molecule has 5 nitrogen and oxygen atoms in total. The minimum atomic E-state index is -0.272. The molecule has 1 unspecified atom stereocenters. The highest BCUT2D eigenvalue weighted by Crippen LogP contribution is 2.15. The molecule has 5 heteroatoms. The van der Waals surface area contributed by atoms with E-state index in [1.165, 1.54) is 0 Å². The van der Waals surface area contributed by atoms with E-state index in [1.54, 1.807) is 0 Å². The Morgan fingerprint density at radius 3 is 3.18 bits per heavy atom. The molecule has 1 aliphatic rings. The first-order valence-corrected chi connectivity index (χ1v) is 3.63. The monoisotopic (exact) mass is 154 g/mol. The molecule has 2 rings (SSSR count). The van der Waals surface area contributed by atoms with Gasteiger partial charge in [0.25, 0.3) is 0 Å². The second-order valence-corrected chi connectivity index (χ2v) is 2.77. The van der Waals surface area contributed by atoms with Crippen molar-refractivity contribution in [2.45, 2.75) is 25.5 Å². The number of nitrogens with two attached hydrogens (primary N) is 1. The molecular formula is C6H10N4O. The molecule has 60 valence electrons. The fraction of sp³-hybridized carbons (Fsp3) is 0.667. The van der Waals surface area contributed by atoms with E-state index in [0.717, 1.165) is 18.8 Å². The molecule has 1 atom stereocenters. The lowest BCUT2D eigenvalue weighted by molar-refractivity contribution is 0.142. The Labute approximate surface area is 63.8 Å². The maximum absolute atomic E-state index is 9.24. The van der Waals surface area contributed by atoms with Crippen LogP contribution in [0.5, 0.6) is 0 Å². The van der Waals surface area contributed by atoms with Crippen molar-refractivity contribution in [3.63, 3.8) is 0 Å². The normalized spacial score (nSPS) is 23.2. The molecule has 11 heavy (non-hydrogen) atoms. The van der Waals surface area contributed by atoms with E-state index in [1.807, 2.05) is 4.57 Å². The molecule has 1 aliphatic heterocycles. The van der Waals surface area contributed by atoms with Crippen LogP contribution < -0.4 is 5.73 Å². The fourth-order valence-corrected chi connectivity index (χ4v) is 1.33.